The Hall–Kier alpha value is -1.68. The minimum atomic E-state index is 0.101. The number of nitrogens with one attached hydrogen (secondary N) is 1. The van der Waals surface area contributed by atoms with Crippen LogP contribution in [0.4, 0.5) is 5.13 Å². The molecule has 1 amide bonds. The van der Waals surface area contributed by atoms with Crippen LogP contribution in [-0.4, -0.2) is 10.9 Å². The van der Waals surface area contributed by atoms with Crippen molar-refractivity contribution in [1.82, 2.24) is 4.98 Å². The second-order valence-corrected chi connectivity index (χ2v) is 8.42. The molecule has 1 fully saturated rings. The zero-order valence-corrected chi connectivity index (χ0v) is 16.8. The van der Waals surface area contributed by atoms with Crippen LogP contribution < -0.4 is 5.32 Å². The lowest BCUT2D eigenvalue weighted by Crippen LogP contribution is -2.14. The molecule has 140 valence electrons. The van der Waals surface area contributed by atoms with Gasteiger partial charge in [0, 0.05) is 17.4 Å². The first-order valence-electron chi connectivity index (χ1n) is 10.0. The third-order valence-electron chi connectivity index (χ3n) is 5.64. The van der Waals surface area contributed by atoms with Crippen LogP contribution in [0.25, 0.3) is 11.3 Å². The predicted molar refractivity (Wildman–Crippen MR) is 111 cm³/mol. The number of anilines is 1. The molecule has 4 heteroatoms. The second-order valence-electron chi connectivity index (χ2n) is 7.56. The first-order chi connectivity index (χ1) is 12.7. The van der Waals surface area contributed by atoms with E-state index in [4.69, 9.17) is 0 Å². The van der Waals surface area contributed by atoms with Crippen molar-refractivity contribution in [3.63, 3.8) is 0 Å². The van der Waals surface area contributed by atoms with Gasteiger partial charge < -0.3 is 5.32 Å². The van der Waals surface area contributed by atoms with Crippen molar-refractivity contribution in [3.05, 3.63) is 35.2 Å². The van der Waals surface area contributed by atoms with Crippen molar-refractivity contribution >= 4 is 22.4 Å². The summed E-state index contributed by atoms with van der Waals surface area (Å²) in [7, 11) is 0. The van der Waals surface area contributed by atoms with Crippen molar-refractivity contribution in [2.24, 2.45) is 5.92 Å². The van der Waals surface area contributed by atoms with Crippen LogP contribution in [0.2, 0.25) is 0 Å². The summed E-state index contributed by atoms with van der Waals surface area (Å²) in [6.07, 6.45) is 9.39. The Balaban J connectivity index is 1.53. The van der Waals surface area contributed by atoms with Gasteiger partial charge in [0.05, 0.1) is 5.69 Å². The van der Waals surface area contributed by atoms with Gasteiger partial charge in [0.25, 0.3) is 0 Å². The topological polar surface area (TPSA) is 42.0 Å². The number of aromatic nitrogens is 1. The van der Waals surface area contributed by atoms with Crippen LogP contribution in [-0.2, 0) is 4.79 Å². The highest BCUT2D eigenvalue weighted by atomic mass is 32.1. The van der Waals surface area contributed by atoms with E-state index in [1.165, 1.54) is 49.0 Å². The zero-order valence-electron chi connectivity index (χ0n) is 16.0. The molecule has 1 aliphatic carbocycles. The molecular weight excluding hydrogens is 340 g/mol. The number of carbonyl (C=O) groups is 1. The molecule has 1 aliphatic rings. The van der Waals surface area contributed by atoms with E-state index in [0.717, 1.165) is 30.0 Å². The van der Waals surface area contributed by atoms with Crippen molar-refractivity contribution in [2.45, 2.75) is 71.1 Å². The maximum Gasteiger partial charge on any atom is 0.226 e. The van der Waals surface area contributed by atoms with Crippen LogP contribution >= 0.6 is 11.3 Å². The maximum absolute atomic E-state index is 12.2. The molecule has 3 rings (SSSR count). The highest BCUT2D eigenvalue weighted by Crippen LogP contribution is 2.29. The molecule has 0 radical (unpaired) electrons. The van der Waals surface area contributed by atoms with Gasteiger partial charge in [-0.1, -0.05) is 70.2 Å². The SMILES string of the molecule is CCC(C)c1ccc(-c2csc(NC(=O)CCC3CCCCC3)n2)cc1. The molecule has 1 aromatic heterocycles. The molecule has 26 heavy (non-hydrogen) atoms. The zero-order chi connectivity index (χ0) is 18.4. The summed E-state index contributed by atoms with van der Waals surface area (Å²) in [6.45, 7) is 4.46. The fourth-order valence-corrected chi connectivity index (χ4v) is 4.41. The summed E-state index contributed by atoms with van der Waals surface area (Å²) >= 11 is 1.51. The van der Waals surface area contributed by atoms with E-state index in [-0.39, 0.29) is 5.91 Å². The third kappa shape index (κ3) is 5.16. The monoisotopic (exact) mass is 370 g/mol. The predicted octanol–water partition coefficient (Wildman–Crippen LogP) is 6.62. The van der Waals surface area contributed by atoms with Gasteiger partial charge in [-0.2, -0.15) is 0 Å². The lowest BCUT2D eigenvalue weighted by molar-refractivity contribution is -0.116. The van der Waals surface area contributed by atoms with Gasteiger partial charge in [-0.25, -0.2) is 4.98 Å². The Labute approximate surface area is 161 Å². The molecular formula is C22H30N2OS. The standard InChI is InChI=1S/C22H30N2OS/c1-3-16(2)18-10-12-19(13-11-18)20-15-26-22(23-20)24-21(25)14-9-17-7-5-4-6-8-17/h10-13,15-17H,3-9,14H2,1-2H3,(H,23,24,25). The molecule has 1 unspecified atom stereocenters. The van der Waals surface area contributed by atoms with Crippen LogP contribution in [0, 0.1) is 5.92 Å². The van der Waals surface area contributed by atoms with Crippen LogP contribution in [0.15, 0.2) is 29.6 Å². The molecule has 3 nitrogen and oxygen atoms in total. The summed E-state index contributed by atoms with van der Waals surface area (Å²) in [5.41, 5.74) is 3.41. The first kappa shape index (κ1) is 19.1. The van der Waals surface area contributed by atoms with E-state index in [9.17, 15) is 4.79 Å². The molecule has 2 aromatic rings. The summed E-state index contributed by atoms with van der Waals surface area (Å²) in [5.74, 6) is 1.42. The molecule has 0 saturated heterocycles. The quantitative estimate of drug-likeness (QED) is 0.595. The third-order valence-corrected chi connectivity index (χ3v) is 6.40. The molecule has 1 saturated carbocycles. The molecule has 0 bridgehead atoms. The van der Waals surface area contributed by atoms with Gasteiger partial charge in [0.2, 0.25) is 5.91 Å². The van der Waals surface area contributed by atoms with Crippen molar-refractivity contribution in [2.75, 3.05) is 5.32 Å². The molecule has 0 aliphatic heterocycles. The number of carbonyl (C=O) groups excluding carboxylic acids is 1. The number of hydrogen-bond donors (Lipinski definition) is 1. The van der Waals surface area contributed by atoms with Crippen LogP contribution in [0.5, 0.6) is 0 Å². The lowest BCUT2D eigenvalue weighted by atomic mass is 9.86. The number of hydrogen-bond acceptors (Lipinski definition) is 3. The maximum atomic E-state index is 12.2. The van der Waals surface area contributed by atoms with Gasteiger partial charge >= 0.3 is 0 Å². The second kappa shape index (κ2) is 9.31. The normalized spacial score (nSPS) is 16.4. The summed E-state index contributed by atoms with van der Waals surface area (Å²) < 4.78 is 0. The van der Waals surface area contributed by atoms with E-state index in [0.29, 0.717) is 17.5 Å². The first-order valence-corrected chi connectivity index (χ1v) is 10.9. The Bertz CT molecular complexity index is 701. The minimum absolute atomic E-state index is 0.101. The summed E-state index contributed by atoms with van der Waals surface area (Å²) in [6, 6.07) is 8.63. The van der Waals surface area contributed by atoms with Gasteiger partial charge in [-0.15, -0.1) is 11.3 Å². The fraction of sp³-hybridized carbons (Fsp3) is 0.545. The number of thiazole rings is 1. The number of nitrogens with zero attached hydrogens (tertiary/aromatic N) is 1. The molecule has 1 atom stereocenters. The molecule has 1 aromatic carbocycles. The van der Waals surface area contributed by atoms with Gasteiger partial charge in [0.1, 0.15) is 0 Å². The van der Waals surface area contributed by atoms with E-state index in [1.54, 1.807) is 0 Å². The molecule has 1 N–H and O–H groups in total. The molecule has 1 heterocycles. The van der Waals surface area contributed by atoms with E-state index in [2.05, 4.69) is 48.4 Å². The number of amides is 1. The van der Waals surface area contributed by atoms with E-state index >= 15 is 0 Å². The highest BCUT2D eigenvalue weighted by Gasteiger charge is 2.15. The summed E-state index contributed by atoms with van der Waals surface area (Å²) in [4.78, 5) is 16.8. The van der Waals surface area contributed by atoms with Crippen LogP contribution in [0.1, 0.15) is 76.7 Å². The Morgan fingerprint density at radius 2 is 1.96 bits per heavy atom. The largest absolute Gasteiger partial charge is 0.302 e. The number of benzene rings is 1. The summed E-state index contributed by atoms with van der Waals surface area (Å²) in [5, 5.41) is 5.71. The van der Waals surface area contributed by atoms with Crippen molar-refractivity contribution < 1.29 is 4.79 Å². The van der Waals surface area contributed by atoms with Gasteiger partial charge in [-0.05, 0) is 30.2 Å². The van der Waals surface area contributed by atoms with Crippen molar-refractivity contribution in [1.29, 1.82) is 0 Å². The molecule has 0 spiro atoms. The fourth-order valence-electron chi connectivity index (χ4n) is 3.67. The Morgan fingerprint density at radius 3 is 2.65 bits per heavy atom. The van der Waals surface area contributed by atoms with Gasteiger partial charge in [-0.3, -0.25) is 4.79 Å². The smallest absolute Gasteiger partial charge is 0.226 e. The Kier molecular flexibility index (Phi) is 6.84. The minimum Gasteiger partial charge on any atom is -0.302 e. The number of rotatable bonds is 7. The highest BCUT2D eigenvalue weighted by molar-refractivity contribution is 7.14. The van der Waals surface area contributed by atoms with E-state index in [1.807, 2.05) is 5.38 Å². The van der Waals surface area contributed by atoms with E-state index < -0.39 is 0 Å². The van der Waals surface area contributed by atoms with Crippen molar-refractivity contribution in [3.8, 4) is 11.3 Å². The van der Waals surface area contributed by atoms with Gasteiger partial charge in [0.15, 0.2) is 5.13 Å². The average molecular weight is 371 g/mol. The Morgan fingerprint density at radius 1 is 1.23 bits per heavy atom. The lowest BCUT2D eigenvalue weighted by Gasteiger charge is -2.20. The van der Waals surface area contributed by atoms with Crippen LogP contribution in [0.3, 0.4) is 0 Å². The average Bonchev–Trinajstić information content (AvgIpc) is 3.15.